The van der Waals surface area contributed by atoms with E-state index in [1.165, 1.54) is 0 Å². The molecule has 0 aromatic heterocycles. The van der Waals surface area contributed by atoms with Crippen LogP contribution in [0.15, 0.2) is 24.3 Å². The highest BCUT2D eigenvalue weighted by Gasteiger charge is 2.34. The third kappa shape index (κ3) is 7.30. The number of para-hydroxylation sites is 2. The molecule has 1 aromatic carbocycles. The highest BCUT2D eigenvalue weighted by Crippen LogP contribution is 2.29. The van der Waals surface area contributed by atoms with E-state index in [4.69, 9.17) is 51.8 Å². The van der Waals surface area contributed by atoms with E-state index < -0.39 is 9.96 Å². The van der Waals surface area contributed by atoms with Crippen molar-refractivity contribution in [2.75, 3.05) is 12.4 Å². The van der Waals surface area contributed by atoms with Gasteiger partial charge < -0.3 is 20.7 Å². The minimum Gasteiger partial charge on any atom is -0.495 e. The molecule has 0 aliphatic heterocycles. The Kier molecular flexibility index (Phi) is 8.36. The Labute approximate surface area is 162 Å². The van der Waals surface area contributed by atoms with Gasteiger partial charge in [-0.15, -0.1) is 0 Å². The molecule has 0 radical (unpaired) electrons. The van der Waals surface area contributed by atoms with Crippen molar-refractivity contribution in [2.45, 2.75) is 30.2 Å². The Bertz CT molecular complexity index is 579. The lowest BCUT2D eigenvalue weighted by molar-refractivity contribution is -0.122. The first-order valence-electron chi connectivity index (χ1n) is 7.20. The van der Waals surface area contributed by atoms with Gasteiger partial charge in [0.2, 0.25) is 9.70 Å². The summed E-state index contributed by atoms with van der Waals surface area (Å²) in [4.78, 5) is 11.9. The van der Waals surface area contributed by atoms with Crippen LogP contribution in [-0.4, -0.2) is 28.1 Å². The van der Waals surface area contributed by atoms with Gasteiger partial charge in [-0.3, -0.25) is 4.79 Å². The number of nitrogens with one attached hydrogen (secondary N) is 3. The molecule has 0 fully saturated rings. The molecule has 1 aromatic rings. The maximum Gasteiger partial charge on any atom is 0.228 e. The molecule has 5 nitrogen and oxygen atoms in total. The van der Waals surface area contributed by atoms with Gasteiger partial charge in [-0.1, -0.05) is 60.8 Å². The molecule has 9 heteroatoms. The Hall–Kier alpha value is -0.950. The third-order valence-electron chi connectivity index (χ3n) is 2.86. The van der Waals surface area contributed by atoms with Gasteiger partial charge >= 0.3 is 0 Å². The number of alkyl halides is 3. The molecule has 0 spiro atoms. The quantitative estimate of drug-likeness (QED) is 0.376. The number of thiocarbonyl (C=S) groups is 1. The topological polar surface area (TPSA) is 62.4 Å². The molecule has 0 bridgehead atoms. The van der Waals surface area contributed by atoms with Gasteiger partial charge in [-0.25, -0.2) is 0 Å². The van der Waals surface area contributed by atoms with E-state index in [0.29, 0.717) is 17.9 Å². The Morgan fingerprint density at radius 3 is 2.42 bits per heavy atom. The second-order valence-electron chi connectivity index (χ2n) is 5.44. The predicted octanol–water partition coefficient (Wildman–Crippen LogP) is 3.84. The lowest BCUT2D eigenvalue weighted by Gasteiger charge is -2.28. The zero-order valence-corrected chi connectivity index (χ0v) is 16.6. The number of ether oxygens (including phenoxy) is 1. The number of halogens is 3. The number of rotatable bonds is 6. The van der Waals surface area contributed by atoms with E-state index >= 15 is 0 Å². The summed E-state index contributed by atoms with van der Waals surface area (Å²) in [7, 11) is 1.55. The smallest absolute Gasteiger partial charge is 0.228 e. The zero-order valence-electron chi connectivity index (χ0n) is 13.5. The number of amides is 1. The number of hydrogen-bond acceptors (Lipinski definition) is 3. The van der Waals surface area contributed by atoms with Gasteiger partial charge in [0.15, 0.2) is 5.11 Å². The largest absolute Gasteiger partial charge is 0.495 e. The molecular formula is C15H20Cl3N3O2S. The fraction of sp³-hybridized carbons (Fsp3) is 0.467. The average Bonchev–Trinajstić information content (AvgIpc) is 2.45. The van der Waals surface area contributed by atoms with Crippen LogP contribution in [0.4, 0.5) is 5.69 Å². The van der Waals surface area contributed by atoms with Gasteiger partial charge in [0.25, 0.3) is 0 Å². The van der Waals surface area contributed by atoms with Crippen LogP contribution in [0.2, 0.25) is 0 Å². The molecule has 1 atom stereocenters. The second kappa shape index (κ2) is 9.51. The highest BCUT2D eigenvalue weighted by atomic mass is 35.6. The summed E-state index contributed by atoms with van der Waals surface area (Å²) in [5.74, 6) is 0.546. The molecule has 1 amide bonds. The molecule has 24 heavy (non-hydrogen) atoms. The molecule has 0 saturated carbocycles. The summed E-state index contributed by atoms with van der Waals surface area (Å²) in [6.07, 6.45) is -0.672. The fourth-order valence-electron chi connectivity index (χ4n) is 1.83. The average molecular weight is 413 g/mol. The summed E-state index contributed by atoms with van der Waals surface area (Å²) >= 11 is 23.0. The summed E-state index contributed by atoms with van der Waals surface area (Å²) in [6.45, 7) is 3.84. The monoisotopic (exact) mass is 411 g/mol. The number of carbonyl (C=O) groups excluding carboxylic acids is 1. The van der Waals surface area contributed by atoms with Gasteiger partial charge in [0, 0.05) is 6.42 Å². The Balaban J connectivity index is 2.76. The van der Waals surface area contributed by atoms with E-state index in [-0.39, 0.29) is 16.9 Å². The van der Waals surface area contributed by atoms with Crippen molar-refractivity contribution in [1.82, 2.24) is 10.6 Å². The van der Waals surface area contributed by atoms with E-state index in [2.05, 4.69) is 16.0 Å². The van der Waals surface area contributed by atoms with Gasteiger partial charge in [-0.05, 0) is 30.3 Å². The van der Waals surface area contributed by atoms with E-state index in [1.807, 2.05) is 26.0 Å². The van der Waals surface area contributed by atoms with Crippen LogP contribution >= 0.6 is 47.0 Å². The lowest BCUT2D eigenvalue weighted by atomic mass is 10.1. The van der Waals surface area contributed by atoms with Crippen LogP contribution in [0.25, 0.3) is 0 Å². The molecule has 0 aliphatic carbocycles. The molecule has 0 heterocycles. The van der Waals surface area contributed by atoms with Gasteiger partial charge in [-0.2, -0.15) is 0 Å². The van der Waals surface area contributed by atoms with Crippen molar-refractivity contribution in [2.24, 2.45) is 5.92 Å². The summed E-state index contributed by atoms with van der Waals surface area (Å²) < 4.78 is 3.45. The van der Waals surface area contributed by atoms with Crippen LogP contribution < -0.4 is 20.7 Å². The van der Waals surface area contributed by atoms with Crippen LogP contribution in [0, 0.1) is 5.92 Å². The molecule has 0 unspecified atom stereocenters. The number of methoxy groups -OCH3 is 1. The summed E-state index contributed by atoms with van der Waals surface area (Å²) in [6, 6.07) is 7.22. The SMILES string of the molecule is COc1ccccc1NC(=S)N[C@H](NC(=O)CC(C)C)C(Cl)(Cl)Cl. The van der Waals surface area contributed by atoms with Gasteiger partial charge in [0.05, 0.1) is 12.8 Å². The van der Waals surface area contributed by atoms with Crippen molar-refractivity contribution in [3.05, 3.63) is 24.3 Å². The third-order valence-corrected chi connectivity index (χ3v) is 3.73. The number of benzene rings is 1. The van der Waals surface area contributed by atoms with E-state index in [0.717, 1.165) is 0 Å². The van der Waals surface area contributed by atoms with E-state index in [9.17, 15) is 4.79 Å². The lowest BCUT2D eigenvalue weighted by Crippen LogP contribution is -2.56. The molecule has 0 aliphatic rings. The van der Waals surface area contributed by atoms with Crippen molar-refractivity contribution >= 4 is 63.7 Å². The first-order chi connectivity index (χ1) is 11.1. The van der Waals surface area contributed by atoms with Gasteiger partial charge in [0.1, 0.15) is 11.9 Å². The number of carbonyl (C=O) groups is 1. The standard InChI is InChI=1S/C15H20Cl3N3O2S/c1-9(2)8-12(22)20-13(15(16,17)18)21-14(24)19-10-6-4-5-7-11(10)23-3/h4-7,9,13H,8H2,1-3H3,(H,20,22)(H2,19,21,24)/t13-/m0/s1. The maximum absolute atomic E-state index is 11.9. The maximum atomic E-state index is 11.9. The van der Waals surface area contributed by atoms with E-state index in [1.54, 1.807) is 19.2 Å². The molecule has 0 saturated heterocycles. The first kappa shape index (κ1) is 21.1. The molecular weight excluding hydrogens is 393 g/mol. The normalized spacial score (nSPS) is 12.5. The minimum atomic E-state index is -1.78. The zero-order chi connectivity index (χ0) is 18.3. The van der Waals surface area contributed by atoms with Crippen molar-refractivity contribution < 1.29 is 9.53 Å². The van der Waals surface area contributed by atoms with Crippen LogP contribution in [0.3, 0.4) is 0 Å². The molecule has 134 valence electrons. The minimum absolute atomic E-state index is 0.180. The Morgan fingerprint density at radius 2 is 1.88 bits per heavy atom. The molecule has 1 rings (SSSR count). The van der Waals surface area contributed by atoms with Crippen LogP contribution in [-0.2, 0) is 4.79 Å². The number of anilines is 1. The first-order valence-corrected chi connectivity index (χ1v) is 8.74. The highest BCUT2D eigenvalue weighted by molar-refractivity contribution is 7.80. The fourth-order valence-corrected chi connectivity index (χ4v) is 2.38. The second-order valence-corrected chi connectivity index (χ2v) is 8.22. The predicted molar refractivity (Wildman–Crippen MR) is 104 cm³/mol. The summed E-state index contributed by atoms with van der Waals surface area (Å²) in [5.41, 5.74) is 0.647. The molecule has 3 N–H and O–H groups in total. The van der Waals surface area contributed by atoms with Crippen molar-refractivity contribution in [3.8, 4) is 5.75 Å². The Morgan fingerprint density at radius 1 is 1.25 bits per heavy atom. The van der Waals surface area contributed by atoms with Crippen LogP contribution in [0.5, 0.6) is 5.75 Å². The van der Waals surface area contributed by atoms with Crippen molar-refractivity contribution in [1.29, 1.82) is 0 Å². The summed E-state index contributed by atoms with van der Waals surface area (Å²) in [5, 5.41) is 8.55. The van der Waals surface area contributed by atoms with Crippen molar-refractivity contribution in [3.63, 3.8) is 0 Å². The van der Waals surface area contributed by atoms with Crippen LogP contribution in [0.1, 0.15) is 20.3 Å². The number of hydrogen-bond donors (Lipinski definition) is 3.